The van der Waals surface area contributed by atoms with Crippen LogP contribution in [-0.2, 0) is 18.3 Å². The quantitative estimate of drug-likeness (QED) is 0.868. The van der Waals surface area contributed by atoms with Gasteiger partial charge in [-0.25, -0.2) is 0 Å². The molecule has 5 heteroatoms. The summed E-state index contributed by atoms with van der Waals surface area (Å²) in [5.74, 6) is 0.207. The highest BCUT2D eigenvalue weighted by molar-refractivity contribution is 5.79. The lowest BCUT2D eigenvalue weighted by Crippen LogP contribution is -2.49. The monoisotopic (exact) mass is 326 g/mol. The number of amides is 1. The minimum Gasteiger partial charge on any atom is -0.368 e. The lowest BCUT2D eigenvalue weighted by Gasteiger charge is -2.37. The molecule has 24 heavy (non-hydrogen) atoms. The number of para-hydroxylation sites is 1. The van der Waals surface area contributed by atoms with Crippen LogP contribution < -0.4 is 4.90 Å². The molecule has 1 aromatic heterocycles. The Bertz CT molecular complexity index is 742. The zero-order valence-electron chi connectivity index (χ0n) is 15.0. The van der Waals surface area contributed by atoms with Crippen LogP contribution in [0.2, 0.25) is 0 Å². The summed E-state index contributed by atoms with van der Waals surface area (Å²) in [6, 6.07) is 8.45. The van der Waals surface area contributed by atoms with Gasteiger partial charge in [-0.2, -0.15) is 5.10 Å². The summed E-state index contributed by atoms with van der Waals surface area (Å²) in [5.41, 5.74) is 5.69. The van der Waals surface area contributed by atoms with Gasteiger partial charge in [-0.3, -0.25) is 9.48 Å². The first-order valence-corrected chi connectivity index (χ1v) is 8.55. The molecule has 0 spiro atoms. The summed E-state index contributed by atoms with van der Waals surface area (Å²) in [7, 11) is 1.93. The van der Waals surface area contributed by atoms with E-state index < -0.39 is 0 Å². The highest BCUT2D eigenvalue weighted by Gasteiger charge is 2.23. The molecule has 0 aliphatic carbocycles. The molecule has 0 saturated carbocycles. The highest BCUT2D eigenvalue weighted by Crippen LogP contribution is 2.21. The van der Waals surface area contributed by atoms with Crippen LogP contribution in [0.25, 0.3) is 0 Å². The van der Waals surface area contributed by atoms with Crippen LogP contribution in [0.4, 0.5) is 5.69 Å². The average Bonchev–Trinajstić information content (AvgIpc) is 2.82. The topological polar surface area (TPSA) is 41.4 Å². The van der Waals surface area contributed by atoms with E-state index in [0.717, 1.165) is 43.1 Å². The molecule has 0 atom stereocenters. The first-order valence-electron chi connectivity index (χ1n) is 8.55. The Morgan fingerprint density at radius 3 is 2.33 bits per heavy atom. The predicted molar refractivity (Wildman–Crippen MR) is 96.4 cm³/mol. The summed E-state index contributed by atoms with van der Waals surface area (Å²) >= 11 is 0. The Balaban J connectivity index is 1.62. The molecular formula is C19H26N4O. The van der Waals surface area contributed by atoms with Crippen molar-refractivity contribution in [3.05, 3.63) is 46.8 Å². The van der Waals surface area contributed by atoms with Crippen LogP contribution in [0, 0.1) is 20.8 Å². The van der Waals surface area contributed by atoms with Crippen molar-refractivity contribution in [2.75, 3.05) is 31.1 Å². The minimum atomic E-state index is 0.207. The van der Waals surface area contributed by atoms with Crippen molar-refractivity contribution < 1.29 is 4.79 Å². The summed E-state index contributed by atoms with van der Waals surface area (Å²) in [4.78, 5) is 17.0. The van der Waals surface area contributed by atoms with E-state index in [2.05, 4.69) is 41.2 Å². The summed E-state index contributed by atoms with van der Waals surface area (Å²) in [6.07, 6.45) is 0.454. The number of aromatic nitrogens is 2. The molecule has 1 aliphatic heterocycles. The molecule has 1 saturated heterocycles. The second-order valence-electron chi connectivity index (χ2n) is 6.60. The van der Waals surface area contributed by atoms with Gasteiger partial charge in [0.05, 0.1) is 12.1 Å². The van der Waals surface area contributed by atoms with Gasteiger partial charge in [-0.15, -0.1) is 0 Å². The zero-order valence-corrected chi connectivity index (χ0v) is 15.0. The first kappa shape index (κ1) is 16.6. The van der Waals surface area contributed by atoms with Gasteiger partial charge in [0, 0.05) is 50.2 Å². The van der Waals surface area contributed by atoms with Crippen LogP contribution in [0.5, 0.6) is 0 Å². The van der Waals surface area contributed by atoms with Gasteiger partial charge < -0.3 is 9.80 Å². The lowest BCUT2D eigenvalue weighted by atomic mass is 10.1. The fourth-order valence-corrected chi connectivity index (χ4v) is 3.45. The van der Waals surface area contributed by atoms with Crippen molar-refractivity contribution in [3.63, 3.8) is 0 Å². The third kappa shape index (κ3) is 3.16. The molecule has 0 N–H and O–H groups in total. The van der Waals surface area contributed by atoms with Gasteiger partial charge in [-0.1, -0.05) is 18.2 Å². The molecule has 1 aromatic carbocycles. The number of carbonyl (C=O) groups excluding carboxylic acids is 1. The van der Waals surface area contributed by atoms with Crippen molar-refractivity contribution in [3.8, 4) is 0 Å². The van der Waals surface area contributed by atoms with Gasteiger partial charge in [0.15, 0.2) is 0 Å². The normalized spacial score (nSPS) is 15.0. The molecule has 1 fully saturated rings. The third-order valence-corrected chi connectivity index (χ3v) is 5.08. The van der Waals surface area contributed by atoms with Crippen LogP contribution in [0.1, 0.15) is 22.5 Å². The van der Waals surface area contributed by atoms with Crippen molar-refractivity contribution in [1.82, 2.24) is 14.7 Å². The summed E-state index contributed by atoms with van der Waals surface area (Å²) < 4.78 is 1.86. The van der Waals surface area contributed by atoms with E-state index in [9.17, 15) is 4.79 Å². The summed E-state index contributed by atoms with van der Waals surface area (Å²) in [6.45, 7) is 9.49. The van der Waals surface area contributed by atoms with E-state index in [1.54, 1.807) is 0 Å². The van der Waals surface area contributed by atoms with Gasteiger partial charge in [0.25, 0.3) is 0 Å². The van der Waals surface area contributed by atoms with Crippen molar-refractivity contribution >= 4 is 11.6 Å². The molecule has 5 nitrogen and oxygen atoms in total. The number of nitrogens with zero attached hydrogens (tertiary/aromatic N) is 4. The fraction of sp³-hybridized carbons (Fsp3) is 0.474. The van der Waals surface area contributed by atoms with Gasteiger partial charge in [0.2, 0.25) is 5.91 Å². The van der Waals surface area contributed by atoms with Gasteiger partial charge in [-0.05, 0) is 32.4 Å². The van der Waals surface area contributed by atoms with Crippen molar-refractivity contribution in [2.24, 2.45) is 7.05 Å². The number of piperazine rings is 1. The molecule has 2 aromatic rings. The molecule has 3 rings (SSSR count). The average molecular weight is 326 g/mol. The van der Waals surface area contributed by atoms with Gasteiger partial charge in [0.1, 0.15) is 0 Å². The van der Waals surface area contributed by atoms with Crippen molar-refractivity contribution in [2.45, 2.75) is 27.2 Å². The molecule has 2 heterocycles. The Morgan fingerprint density at radius 2 is 1.75 bits per heavy atom. The number of carbonyl (C=O) groups is 1. The van der Waals surface area contributed by atoms with Crippen LogP contribution in [0.15, 0.2) is 24.3 Å². The van der Waals surface area contributed by atoms with Gasteiger partial charge >= 0.3 is 0 Å². The minimum absolute atomic E-state index is 0.207. The molecule has 0 unspecified atom stereocenters. The summed E-state index contributed by atoms with van der Waals surface area (Å²) in [5, 5.41) is 4.41. The Morgan fingerprint density at radius 1 is 1.08 bits per heavy atom. The highest BCUT2D eigenvalue weighted by atomic mass is 16.2. The SMILES string of the molecule is Cc1ccccc1N1CCN(C(=O)Cc2c(C)nn(C)c2C)CC1. The van der Waals surface area contributed by atoms with Crippen LogP contribution in [-0.4, -0.2) is 46.8 Å². The zero-order chi connectivity index (χ0) is 17.3. The standard InChI is InChI=1S/C19H26N4O/c1-14-7-5-6-8-18(14)22-9-11-23(12-10-22)19(24)13-17-15(2)20-21(4)16(17)3/h5-8H,9-13H2,1-4H3. The maximum absolute atomic E-state index is 12.7. The van der Waals surface area contributed by atoms with Crippen LogP contribution >= 0.6 is 0 Å². The lowest BCUT2D eigenvalue weighted by molar-refractivity contribution is -0.130. The van der Waals surface area contributed by atoms with E-state index in [1.165, 1.54) is 11.3 Å². The second kappa shape index (κ2) is 6.67. The van der Waals surface area contributed by atoms with Crippen molar-refractivity contribution in [1.29, 1.82) is 0 Å². The number of rotatable bonds is 3. The van der Waals surface area contributed by atoms with E-state index >= 15 is 0 Å². The Kier molecular flexibility index (Phi) is 4.60. The van der Waals surface area contributed by atoms with E-state index in [4.69, 9.17) is 0 Å². The van der Waals surface area contributed by atoms with E-state index in [-0.39, 0.29) is 5.91 Å². The number of aryl methyl sites for hydroxylation is 3. The van der Waals surface area contributed by atoms with Crippen LogP contribution in [0.3, 0.4) is 0 Å². The molecule has 1 amide bonds. The smallest absolute Gasteiger partial charge is 0.227 e. The fourth-order valence-electron chi connectivity index (χ4n) is 3.45. The maximum atomic E-state index is 12.7. The molecule has 128 valence electrons. The molecule has 0 radical (unpaired) electrons. The Hall–Kier alpha value is -2.30. The first-order chi connectivity index (χ1) is 11.5. The molecule has 0 bridgehead atoms. The number of anilines is 1. The number of benzene rings is 1. The maximum Gasteiger partial charge on any atom is 0.227 e. The largest absolute Gasteiger partial charge is 0.368 e. The molecular weight excluding hydrogens is 300 g/mol. The third-order valence-electron chi connectivity index (χ3n) is 5.08. The Labute approximate surface area is 143 Å². The predicted octanol–water partition coefficient (Wildman–Crippen LogP) is 2.24. The molecule has 1 aliphatic rings. The van der Waals surface area contributed by atoms with E-state index in [0.29, 0.717) is 6.42 Å². The number of hydrogen-bond donors (Lipinski definition) is 0. The number of hydrogen-bond acceptors (Lipinski definition) is 3. The van der Waals surface area contributed by atoms with E-state index in [1.807, 2.05) is 30.5 Å². The second-order valence-corrected chi connectivity index (χ2v) is 6.60.